The van der Waals surface area contributed by atoms with E-state index in [9.17, 15) is 9.59 Å². The van der Waals surface area contributed by atoms with Gasteiger partial charge in [-0.3, -0.25) is 14.6 Å². The van der Waals surface area contributed by atoms with E-state index in [1.54, 1.807) is 24.4 Å². The Morgan fingerprint density at radius 1 is 1.00 bits per heavy atom. The van der Waals surface area contributed by atoms with Crippen LogP contribution in [0.2, 0.25) is 0 Å². The summed E-state index contributed by atoms with van der Waals surface area (Å²) in [5.41, 5.74) is 2.56. The first-order chi connectivity index (χ1) is 8.74. The van der Waals surface area contributed by atoms with Crippen molar-refractivity contribution < 1.29 is 0 Å². The summed E-state index contributed by atoms with van der Waals surface area (Å²) >= 11 is 0. The third-order valence-electron chi connectivity index (χ3n) is 3.19. The topological polar surface area (TPSA) is 59.9 Å². The molecular weight excluding hydrogens is 264 g/mol. The Balaban J connectivity index is 0.00000110. The van der Waals surface area contributed by atoms with E-state index in [1.807, 2.05) is 0 Å². The molecular formula is C14H7ClN2O2. The van der Waals surface area contributed by atoms with E-state index >= 15 is 0 Å². The molecule has 0 bridgehead atoms. The maximum atomic E-state index is 12.1. The van der Waals surface area contributed by atoms with Crippen molar-refractivity contribution >= 4 is 12.4 Å². The molecule has 0 spiro atoms. The smallest absolute Gasteiger partial charge is 0.189 e. The van der Waals surface area contributed by atoms with E-state index < -0.39 is 0 Å². The fourth-order valence-electron chi connectivity index (χ4n) is 2.41. The van der Waals surface area contributed by atoms with Gasteiger partial charge in [-0.2, -0.15) is 0 Å². The van der Waals surface area contributed by atoms with Crippen LogP contribution < -0.4 is 10.9 Å². The normalized spacial score (nSPS) is 11.2. The maximum Gasteiger partial charge on any atom is 0.189 e. The van der Waals surface area contributed by atoms with Crippen molar-refractivity contribution in [3.63, 3.8) is 0 Å². The number of hydrogen-bond donors (Lipinski definition) is 0. The predicted molar refractivity (Wildman–Crippen MR) is 72.7 cm³/mol. The van der Waals surface area contributed by atoms with Crippen LogP contribution in [0.3, 0.4) is 0 Å². The zero-order chi connectivity index (χ0) is 12.3. The number of hydrogen-bond acceptors (Lipinski definition) is 4. The Morgan fingerprint density at radius 3 is 2.68 bits per heavy atom. The lowest BCUT2D eigenvalue weighted by Crippen LogP contribution is -2.04. The summed E-state index contributed by atoms with van der Waals surface area (Å²) in [5.74, 6) is 0. The van der Waals surface area contributed by atoms with Crippen LogP contribution >= 0.6 is 12.4 Å². The Kier molecular flexibility index (Phi) is 2.37. The van der Waals surface area contributed by atoms with Gasteiger partial charge in [-0.15, -0.1) is 12.4 Å². The lowest BCUT2D eigenvalue weighted by Gasteiger charge is -1.94. The lowest BCUT2D eigenvalue weighted by molar-refractivity contribution is 1.25. The summed E-state index contributed by atoms with van der Waals surface area (Å²) in [4.78, 5) is 32.2. The minimum absolute atomic E-state index is 0. The Morgan fingerprint density at radius 2 is 1.84 bits per heavy atom. The fraction of sp³-hybridized carbons (Fsp3) is 0. The van der Waals surface area contributed by atoms with Gasteiger partial charge in [0.15, 0.2) is 10.9 Å². The van der Waals surface area contributed by atoms with Gasteiger partial charge in [0.25, 0.3) is 0 Å². The highest BCUT2D eigenvalue weighted by molar-refractivity contribution is 5.85. The number of nitrogens with zero attached hydrogens (tertiary/aromatic N) is 2. The van der Waals surface area contributed by atoms with Gasteiger partial charge in [0.2, 0.25) is 0 Å². The van der Waals surface area contributed by atoms with Crippen molar-refractivity contribution in [2.75, 3.05) is 0 Å². The maximum absolute atomic E-state index is 12.1. The molecule has 0 aromatic carbocycles. The summed E-state index contributed by atoms with van der Waals surface area (Å²) in [6, 6.07) is 7.89. The van der Waals surface area contributed by atoms with Gasteiger partial charge in [0.1, 0.15) is 5.35 Å². The number of rotatable bonds is 0. The van der Waals surface area contributed by atoms with Crippen LogP contribution in [0.4, 0.5) is 0 Å². The van der Waals surface area contributed by atoms with E-state index in [1.165, 1.54) is 12.1 Å². The first-order valence-electron chi connectivity index (χ1n) is 5.52. The van der Waals surface area contributed by atoms with E-state index in [-0.39, 0.29) is 23.3 Å². The molecule has 0 aromatic rings. The molecule has 2 aliphatic carbocycles. The van der Waals surface area contributed by atoms with Crippen LogP contribution in [-0.2, 0) is 0 Å². The van der Waals surface area contributed by atoms with Gasteiger partial charge in [0.05, 0.1) is 16.6 Å². The van der Waals surface area contributed by atoms with Crippen LogP contribution in [0, 0.1) is 10.6 Å². The van der Waals surface area contributed by atoms with Crippen LogP contribution in [0.5, 0.6) is 0 Å². The van der Waals surface area contributed by atoms with Crippen molar-refractivity contribution in [2.45, 2.75) is 0 Å². The average molecular weight is 271 g/mol. The van der Waals surface area contributed by atoms with Crippen molar-refractivity contribution in [2.24, 2.45) is 0 Å². The van der Waals surface area contributed by atoms with Crippen molar-refractivity contribution in [3.05, 3.63) is 67.5 Å². The second-order valence-electron chi connectivity index (χ2n) is 4.27. The molecule has 2 aliphatic heterocycles. The molecule has 0 aromatic heterocycles. The quantitative estimate of drug-likeness (QED) is 0.485. The summed E-state index contributed by atoms with van der Waals surface area (Å²) in [6.07, 6.45) is 1.65. The number of halogens is 1. The van der Waals surface area contributed by atoms with Crippen LogP contribution in [-0.4, -0.2) is 9.97 Å². The first kappa shape index (κ1) is 11.7. The monoisotopic (exact) mass is 270 g/mol. The molecule has 0 amide bonds. The van der Waals surface area contributed by atoms with E-state index in [0.29, 0.717) is 27.5 Å². The Bertz CT molecular complexity index is 972. The third kappa shape index (κ3) is 1.47. The molecule has 0 fully saturated rings. The highest BCUT2D eigenvalue weighted by Gasteiger charge is 2.17. The molecule has 0 unspecified atom stereocenters. The lowest BCUT2D eigenvalue weighted by atomic mass is 10.1. The minimum Gasteiger partial charge on any atom is -0.290 e. The SMILES string of the molecule is Cl.O=c1ccc2nc3c4nccc-4cc(=O)c=3c-2c1. The molecule has 5 heteroatoms. The van der Waals surface area contributed by atoms with Crippen LogP contribution in [0.25, 0.3) is 22.5 Å². The van der Waals surface area contributed by atoms with E-state index in [2.05, 4.69) is 9.97 Å². The Labute approximate surface area is 113 Å². The van der Waals surface area contributed by atoms with Crippen molar-refractivity contribution in [1.82, 2.24) is 9.97 Å². The van der Waals surface area contributed by atoms with Gasteiger partial charge in [-0.25, -0.2) is 4.98 Å². The van der Waals surface area contributed by atoms with Gasteiger partial charge >= 0.3 is 0 Å². The molecule has 2 heterocycles. The molecule has 4 rings (SSSR count). The predicted octanol–water partition coefficient (Wildman–Crippen LogP) is 1.43. The number of fused-ring (bicyclic) bond motifs is 4. The first-order valence-corrected chi connectivity index (χ1v) is 5.52. The molecule has 92 valence electrons. The van der Waals surface area contributed by atoms with E-state index in [0.717, 1.165) is 5.56 Å². The molecule has 0 saturated carbocycles. The molecule has 0 saturated heterocycles. The largest absolute Gasteiger partial charge is 0.290 e. The Hall–Kier alpha value is -2.33. The number of aromatic nitrogens is 2. The van der Waals surface area contributed by atoms with Gasteiger partial charge < -0.3 is 0 Å². The van der Waals surface area contributed by atoms with Crippen LogP contribution in [0.15, 0.2) is 46.1 Å². The third-order valence-corrected chi connectivity index (χ3v) is 3.19. The highest BCUT2D eigenvalue weighted by atomic mass is 35.5. The summed E-state index contributed by atoms with van der Waals surface area (Å²) < 4.78 is 0. The minimum atomic E-state index is -0.119. The second-order valence-corrected chi connectivity index (χ2v) is 4.27. The van der Waals surface area contributed by atoms with Crippen molar-refractivity contribution in [1.29, 1.82) is 0 Å². The zero-order valence-corrected chi connectivity index (χ0v) is 10.4. The van der Waals surface area contributed by atoms with Gasteiger partial charge in [0, 0.05) is 17.3 Å². The molecule has 0 N–H and O–H groups in total. The molecule has 4 nitrogen and oxygen atoms in total. The van der Waals surface area contributed by atoms with E-state index in [4.69, 9.17) is 0 Å². The molecule has 0 radical (unpaired) electrons. The molecule has 0 atom stereocenters. The summed E-state index contributed by atoms with van der Waals surface area (Å²) in [6.45, 7) is 0. The summed E-state index contributed by atoms with van der Waals surface area (Å²) in [7, 11) is 0. The highest BCUT2D eigenvalue weighted by Crippen LogP contribution is 2.26. The fourth-order valence-corrected chi connectivity index (χ4v) is 2.41. The molecule has 4 aliphatic rings. The average Bonchev–Trinajstić information content (AvgIpc) is 2.91. The second kappa shape index (κ2) is 3.83. The standard InChI is InChI=1S/C14H6N2O2.ClH/c17-8-1-2-10-9(6-8)12-11(18)5-7-3-4-15-13(7)14(12)16-10;/h1-6H;1H. The van der Waals surface area contributed by atoms with Crippen molar-refractivity contribution in [3.8, 4) is 22.5 Å². The van der Waals surface area contributed by atoms with Gasteiger partial charge in [-0.1, -0.05) is 0 Å². The van der Waals surface area contributed by atoms with Crippen LogP contribution in [0.1, 0.15) is 0 Å². The van der Waals surface area contributed by atoms with Gasteiger partial charge in [-0.05, 0) is 30.3 Å². The summed E-state index contributed by atoms with van der Waals surface area (Å²) in [5, 5.41) is 1.08. The number of benzene rings is 1. The zero-order valence-electron chi connectivity index (χ0n) is 9.58. The molecule has 19 heavy (non-hydrogen) atoms.